The lowest BCUT2D eigenvalue weighted by molar-refractivity contribution is 0.389. The molecular weight excluding hydrogens is 316 g/mol. The zero-order valence-corrected chi connectivity index (χ0v) is 14.0. The first-order chi connectivity index (χ1) is 12.2. The Bertz CT molecular complexity index is 1020. The molecule has 5 nitrogen and oxygen atoms in total. The average Bonchev–Trinajstić information content (AvgIpc) is 2.65. The molecule has 3 rings (SSSR count). The summed E-state index contributed by atoms with van der Waals surface area (Å²) in [6, 6.07) is 17.0. The molecule has 0 aliphatic carbocycles. The SMILES string of the molecule is COc1ccc(/C=c2\nc(OC)/c(=C/c3ccccc3)[nH]c2=O)cc1. The molecule has 1 aromatic heterocycles. The molecule has 0 saturated carbocycles. The van der Waals surface area contributed by atoms with Gasteiger partial charge in [-0.05, 0) is 35.4 Å². The van der Waals surface area contributed by atoms with Crippen LogP contribution in [0.25, 0.3) is 12.2 Å². The zero-order valence-electron chi connectivity index (χ0n) is 14.0. The van der Waals surface area contributed by atoms with Crippen molar-refractivity contribution in [3.05, 3.63) is 86.8 Å². The van der Waals surface area contributed by atoms with Gasteiger partial charge in [-0.3, -0.25) is 4.79 Å². The van der Waals surface area contributed by atoms with Crippen LogP contribution in [-0.2, 0) is 0 Å². The largest absolute Gasteiger partial charge is 0.497 e. The standard InChI is InChI=1S/C20H18N2O3/c1-24-16-10-8-15(9-11-16)12-17-19(23)21-18(20(22-17)25-2)13-14-6-4-3-5-7-14/h3-13H,1-2H3,(H,21,23)/b17-12-,18-13-. The van der Waals surface area contributed by atoms with Crippen LogP contribution in [0.3, 0.4) is 0 Å². The second kappa shape index (κ2) is 7.49. The van der Waals surface area contributed by atoms with E-state index in [1.165, 1.54) is 7.11 Å². The van der Waals surface area contributed by atoms with E-state index in [0.717, 1.165) is 16.9 Å². The lowest BCUT2D eigenvalue weighted by atomic mass is 10.2. The van der Waals surface area contributed by atoms with Crippen molar-refractivity contribution < 1.29 is 9.47 Å². The number of methoxy groups -OCH3 is 2. The quantitative estimate of drug-likeness (QED) is 0.784. The Balaban J connectivity index is 2.09. The molecule has 2 aromatic carbocycles. The number of nitrogens with zero attached hydrogens (tertiary/aromatic N) is 1. The van der Waals surface area contributed by atoms with Gasteiger partial charge in [0.15, 0.2) is 0 Å². The number of ether oxygens (including phenoxy) is 2. The van der Waals surface area contributed by atoms with Gasteiger partial charge in [0.2, 0.25) is 5.88 Å². The van der Waals surface area contributed by atoms with Gasteiger partial charge in [-0.15, -0.1) is 0 Å². The van der Waals surface area contributed by atoms with Crippen molar-refractivity contribution in [1.29, 1.82) is 0 Å². The van der Waals surface area contributed by atoms with Crippen molar-refractivity contribution in [1.82, 2.24) is 9.97 Å². The first-order valence-electron chi connectivity index (χ1n) is 7.76. The van der Waals surface area contributed by atoms with Crippen LogP contribution in [0.4, 0.5) is 0 Å². The number of nitrogens with one attached hydrogen (secondary N) is 1. The summed E-state index contributed by atoms with van der Waals surface area (Å²) in [5, 5.41) is 0.817. The molecule has 0 unspecified atom stereocenters. The second-order valence-corrected chi connectivity index (χ2v) is 5.35. The van der Waals surface area contributed by atoms with Crippen molar-refractivity contribution in [2.45, 2.75) is 0 Å². The van der Waals surface area contributed by atoms with Crippen molar-refractivity contribution >= 4 is 12.2 Å². The summed E-state index contributed by atoms with van der Waals surface area (Å²) in [5.41, 5.74) is 1.52. The van der Waals surface area contributed by atoms with E-state index in [1.54, 1.807) is 13.2 Å². The third-order valence-corrected chi connectivity index (χ3v) is 3.66. The van der Waals surface area contributed by atoms with Gasteiger partial charge in [0.05, 0.1) is 14.2 Å². The molecule has 0 bridgehead atoms. The van der Waals surface area contributed by atoms with E-state index in [0.29, 0.717) is 11.2 Å². The van der Waals surface area contributed by atoms with E-state index in [1.807, 2.05) is 60.7 Å². The number of aromatic nitrogens is 2. The van der Waals surface area contributed by atoms with Crippen molar-refractivity contribution in [2.24, 2.45) is 0 Å². The predicted octanol–water partition coefficient (Wildman–Crippen LogP) is 1.44. The molecule has 0 saturated heterocycles. The van der Waals surface area contributed by atoms with Crippen LogP contribution in [0.15, 0.2) is 59.4 Å². The summed E-state index contributed by atoms with van der Waals surface area (Å²) in [6.07, 6.45) is 3.53. The molecule has 0 amide bonds. The van der Waals surface area contributed by atoms with Gasteiger partial charge in [0, 0.05) is 0 Å². The Labute approximate surface area is 144 Å². The van der Waals surface area contributed by atoms with Gasteiger partial charge < -0.3 is 14.5 Å². The van der Waals surface area contributed by atoms with Gasteiger partial charge in [-0.25, -0.2) is 4.98 Å². The Morgan fingerprint density at radius 1 is 0.880 bits per heavy atom. The maximum absolute atomic E-state index is 12.4. The highest BCUT2D eigenvalue weighted by molar-refractivity contribution is 5.51. The number of benzene rings is 2. The summed E-state index contributed by atoms with van der Waals surface area (Å²) in [5.74, 6) is 1.12. The summed E-state index contributed by atoms with van der Waals surface area (Å²) in [7, 11) is 3.14. The van der Waals surface area contributed by atoms with E-state index in [-0.39, 0.29) is 10.9 Å². The number of hydrogen-bond donors (Lipinski definition) is 1. The molecule has 5 heteroatoms. The molecule has 3 aromatic rings. The minimum atomic E-state index is -0.279. The summed E-state index contributed by atoms with van der Waals surface area (Å²) < 4.78 is 10.5. The fraction of sp³-hybridized carbons (Fsp3) is 0.100. The molecule has 0 atom stereocenters. The van der Waals surface area contributed by atoms with Crippen molar-refractivity contribution in [3.8, 4) is 11.6 Å². The van der Waals surface area contributed by atoms with E-state index in [4.69, 9.17) is 9.47 Å². The first kappa shape index (κ1) is 16.5. The lowest BCUT2D eigenvalue weighted by Crippen LogP contribution is -2.37. The van der Waals surface area contributed by atoms with E-state index in [9.17, 15) is 4.79 Å². The van der Waals surface area contributed by atoms with Gasteiger partial charge in [-0.2, -0.15) is 0 Å². The predicted molar refractivity (Wildman–Crippen MR) is 97.2 cm³/mol. The highest BCUT2D eigenvalue weighted by atomic mass is 16.5. The number of H-pyrrole nitrogens is 1. The average molecular weight is 334 g/mol. The highest BCUT2D eigenvalue weighted by Gasteiger charge is 2.02. The van der Waals surface area contributed by atoms with Gasteiger partial charge >= 0.3 is 0 Å². The molecule has 0 aliphatic rings. The molecule has 0 aliphatic heterocycles. The molecule has 0 spiro atoms. The lowest BCUT2D eigenvalue weighted by Gasteiger charge is -2.01. The topological polar surface area (TPSA) is 64.2 Å². The maximum Gasteiger partial charge on any atom is 0.274 e. The smallest absolute Gasteiger partial charge is 0.274 e. The monoisotopic (exact) mass is 334 g/mol. The molecule has 1 N–H and O–H groups in total. The van der Waals surface area contributed by atoms with Crippen LogP contribution in [0.1, 0.15) is 11.1 Å². The highest BCUT2D eigenvalue weighted by Crippen LogP contribution is 2.11. The van der Waals surface area contributed by atoms with E-state index < -0.39 is 0 Å². The second-order valence-electron chi connectivity index (χ2n) is 5.35. The van der Waals surface area contributed by atoms with Crippen molar-refractivity contribution in [2.75, 3.05) is 14.2 Å². The third kappa shape index (κ3) is 3.95. The molecule has 0 fully saturated rings. The minimum absolute atomic E-state index is 0.279. The van der Waals surface area contributed by atoms with Crippen LogP contribution in [0.2, 0.25) is 0 Å². The Hall–Kier alpha value is -3.34. The number of hydrogen-bond acceptors (Lipinski definition) is 4. The van der Waals surface area contributed by atoms with Crippen LogP contribution in [0, 0.1) is 0 Å². The summed E-state index contributed by atoms with van der Waals surface area (Å²) in [4.78, 5) is 19.5. The van der Waals surface area contributed by atoms with Crippen LogP contribution < -0.4 is 25.7 Å². The Kier molecular flexibility index (Phi) is 4.95. The zero-order chi connectivity index (χ0) is 17.6. The van der Waals surface area contributed by atoms with E-state index >= 15 is 0 Å². The van der Waals surface area contributed by atoms with Crippen LogP contribution >= 0.6 is 0 Å². The minimum Gasteiger partial charge on any atom is -0.497 e. The summed E-state index contributed by atoms with van der Waals surface area (Å²) in [6.45, 7) is 0. The van der Waals surface area contributed by atoms with Gasteiger partial charge in [-0.1, -0.05) is 42.5 Å². The fourth-order valence-corrected chi connectivity index (χ4v) is 2.39. The van der Waals surface area contributed by atoms with Gasteiger partial charge in [0.1, 0.15) is 16.4 Å². The molecular formula is C20H18N2O3. The fourth-order valence-electron chi connectivity index (χ4n) is 2.39. The van der Waals surface area contributed by atoms with Crippen molar-refractivity contribution in [3.63, 3.8) is 0 Å². The number of aromatic amines is 1. The molecule has 25 heavy (non-hydrogen) atoms. The molecule has 0 radical (unpaired) electrons. The Morgan fingerprint density at radius 2 is 1.56 bits per heavy atom. The summed E-state index contributed by atoms with van der Waals surface area (Å²) >= 11 is 0. The van der Waals surface area contributed by atoms with Crippen LogP contribution in [0.5, 0.6) is 11.6 Å². The first-order valence-corrected chi connectivity index (χ1v) is 7.76. The molecule has 126 valence electrons. The maximum atomic E-state index is 12.4. The Morgan fingerprint density at radius 3 is 2.20 bits per heavy atom. The van der Waals surface area contributed by atoms with Crippen LogP contribution in [-0.4, -0.2) is 24.2 Å². The van der Waals surface area contributed by atoms with Gasteiger partial charge in [0.25, 0.3) is 5.56 Å². The normalized spacial score (nSPS) is 12.2. The molecule has 1 heterocycles. The number of rotatable bonds is 4. The third-order valence-electron chi connectivity index (χ3n) is 3.66. The van der Waals surface area contributed by atoms with E-state index in [2.05, 4.69) is 9.97 Å².